The molecule has 102 valence electrons. The van der Waals surface area contributed by atoms with Crippen molar-refractivity contribution in [2.45, 2.75) is 33.7 Å². The third-order valence-electron chi connectivity index (χ3n) is 2.93. The van der Waals surface area contributed by atoms with E-state index in [0.29, 0.717) is 24.2 Å². The van der Waals surface area contributed by atoms with E-state index in [1.165, 1.54) is 15.5 Å². The second-order valence-electron chi connectivity index (χ2n) is 4.19. The largest absolute Gasteiger partial charge is 0.464 e. The zero-order valence-electron chi connectivity index (χ0n) is 11.3. The van der Waals surface area contributed by atoms with Crippen molar-refractivity contribution < 1.29 is 14.0 Å². The lowest BCUT2D eigenvalue weighted by atomic mass is 10.1. The normalized spacial score (nSPS) is 10.9. The molecule has 2 aromatic rings. The Bertz CT molecular complexity index is 671. The van der Waals surface area contributed by atoms with Crippen LogP contribution in [0.4, 0.5) is 0 Å². The predicted octanol–water partition coefficient (Wildman–Crippen LogP) is -0.256. The first-order valence-electron chi connectivity index (χ1n) is 6.23. The zero-order chi connectivity index (χ0) is 14.0. The van der Waals surface area contributed by atoms with E-state index >= 15 is 0 Å². The van der Waals surface area contributed by atoms with Crippen molar-refractivity contribution in [2.75, 3.05) is 6.61 Å². The van der Waals surface area contributed by atoms with Crippen molar-refractivity contribution in [2.24, 2.45) is 0 Å². The van der Waals surface area contributed by atoms with Crippen LogP contribution >= 0.6 is 0 Å². The van der Waals surface area contributed by atoms with Crippen LogP contribution in [0.3, 0.4) is 0 Å². The minimum Gasteiger partial charge on any atom is -0.464 e. The van der Waals surface area contributed by atoms with Crippen molar-refractivity contribution in [1.29, 1.82) is 0 Å². The molecule has 0 saturated carbocycles. The van der Waals surface area contributed by atoms with Crippen LogP contribution in [0.2, 0.25) is 0 Å². The molecule has 0 saturated heterocycles. The Labute approximate surface area is 109 Å². The van der Waals surface area contributed by atoms with Gasteiger partial charge in [0.05, 0.1) is 6.61 Å². The molecule has 0 aliphatic carbocycles. The lowest BCUT2D eigenvalue weighted by Gasteiger charge is -2.01. The summed E-state index contributed by atoms with van der Waals surface area (Å²) in [5.74, 6) is -0.411. The molecule has 0 amide bonds. The van der Waals surface area contributed by atoms with E-state index in [4.69, 9.17) is 4.74 Å². The number of hydrogen-bond acceptors (Lipinski definition) is 4. The fraction of sp³-hybridized carbons (Fsp3) is 0.500. The van der Waals surface area contributed by atoms with Gasteiger partial charge in [-0.2, -0.15) is 0 Å². The Morgan fingerprint density at radius 3 is 2.89 bits per heavy atom. The highest BCUT2D eigenvalue weighted by Crippen LogP contribution is 2.00. The third kappa shape index (κ3) is 2.35. The maximum Gasteiger partial charge on any atom is 0.344 e. The monoisotopic (exact) mass is 265 g/mol. The summed E-state index contributed by atoms with van der Waals surface area (Å²) >= 11 is 0. The summed E-state index contributed by atoms with van der Waals surface area (Å²) in [6.45, 7) is 5.73. The van der Waals surface area contributed by atoms with E-state index in [1.54, 1.807) is 6.92 Å². The molecule has 7 nitrogen and oxygen atoms in total. The van der Waals surface area contributed by atoms with Crippen LogP contribution in [-0.4, -0.2) is 27.5 Å². The molecule has 0 fully saturated rings. The number of fused-ring (bicyclic) bond motifs is 1. The van der Waals surface area contributed by atoms with Crippen molar-refractivity contribution in [3.8, 4) is 0 Å². The molecule has 0 spiro atoms. The van der Waals surface area contributed by atoms with Gasteiger partial charge in [-0.1, -0.05) is 11.6 Å². The molecule has 0 atom stereocenters. The zero-order valence-corrected chi connectivity index (χ0v) is 11.3. The first-order chi connectivity index (χ1) is 9.08. The van der Waals surface area contributed by atoms with Crippen molar-refractivity contribution in [3.63, 3.8) is 0 Å². The molecular formula is C12H17N4O3+. The summed E-state index contributed by atoms with van der Waals surface area (Å²) in [6, 6.07) is 0. The number of nitrogens with zero attached hydrogens (tertiary/aromatic N) is 3. The molecule has 1 N–H and O–H groups in total. The number of aryl methyl sites for hydroxylation is 1. The summed E-state index contributed by atoms with van der Waals surface area (Å²) < 4.78 is 7.74. The Morgan fingerprint density at radius 1 is 1.53 bits per heavy atom. The number of H-pyrrole nitrogens is 1. The molecule has 0 aliphatic rings. The van der Waals surface area contributed by atoms with Gasteiger partial charge in [0.2, 0.25) is 6.54 Å². The Morgan fingerprint density at radius 2 is 2.26 bits per heavy atom. The van der Waals surface area contributed by atoms with Gasteiger partial charge in [0.1, 0.15) is 0 Å². The molecule has 0 aromatic carbocycles. The average Bonchev–Trinajstić information content (AvgIpc) is 2.73. The molecule has 0 unspecified atom stereocenters. The molecular weight excluding hydrogens is 248 g/mol. The van der Waals surface area contributed by atoms with Gasteiger partial charge < -0.3 is 4.74 Å². The minimum atomic E-state index is -0.411. The number of nitrogens with one attached hydrogen (secondary N) is 1. The lowest BCUT2D eigenvalue weighted by molar-refractivity contribution is -0.582. The number of carbonyl (C=O) groups excluding carboxylic acids is 1. The Hall–Kier alpha value is -2.18. The molecule has 2 aromatic heterocycles. The molecule has 2 heterocycles. The summed E-state index contributed by atoms with van der Waals surface area (Å²) in [6.07, 6.45) is 2.10. The topological polar surface area (TPSA) is 81.1 Å². The van der Waals surface area contributed by atoms with Crippen LogP contribution in [0.15, 0.2) is 11.1 Å². The van der Waals surface area contributed by atoms with E-state index in [-0.39, 0.29) is 12.0 Å². The number of hydrogen-bond donors (Lipinski definition) is 1. The average molecular weight is 265 g/mol. The first kappa shape index (κ1) is 13.3. The van der Waals surface area contributed by atoms with Gasteiger partial charge in [0.15, 0.2) is 0 Å². The van der Waals surface area contributed by atoms with Crippen molar-refractivity contribution >= 4 is 11.6 Å². The van der Waals surface area contributed by atoms with E-state index in [9.17, 15) is 9.59 Å². The fourth-order valence-electron chi connectivity index (χ4n) is 2.08. The number of carbonyl (C=O) groups is 1. The molecule has 0 bridgehead atoms. The number of esters is 1. The lowest BCUT2D eigenvalue weighted by Crippen LogP contribution is -2.35. The molecule has 0 aliphatic heterocycles. The summed E-state index contributed by atoms with van der Waals surface area (Å²) in [5.41, 5.74) is 1.74. The molecule has 2 rings (SSSR count). The minimum absolute atomic E-state index is 0.0698. The fourth-order valence-corrected chi connectivity index (χ4v) is 2.08. The number of ether oxygens (including phenoxy) is 1. The quantitative estimate of drug-likeness (QED) is 0.610. The third-order valence-corrected chi connectivity index (χ3v) is 2.93. The predicted molar refractivity (Wildman–Crippen MR) is 66.8 cm³/mol. The number of aromatic nitrogens is 4. The Kier molecular flexibility index (Phi) is 3.64. The van der Waals surface area contributed by atoms with E-state index in [1.807, 2.05) is 13.8 Å². The summed E-state index contributed by atoms with van der Waals surface area (Å²) in [4.78, 5) is 23.8. The van der Waals surface area contributed by atoms with E-state index in [2.05, 4.69) is 10.2 Å². The van der Waals surface area contributed by atoms with E-state index in [0.717, 1.165) is 5.69 Å². The van der Waals surface area contributed by atoms with Crippen LogP contribution in [0, 0.1) is 6.92 Å². The highest BCUT2D eigenvalue weighted by Gasteiger charge is 2.22. The maximum atomic E-state index is 12.3. The first-order valence-corrected chi connectivity index (χ1v) is 6.23. The van der Waals surface area contributed by atoms with Gasteiger partial charge >= 0.3 is 11.6 Å². The van der Waals surface area contributed by atoms with Gasteiger partial charge in [-0.25, -0.2) is 9.89 Å². The van der Waals surface area contributed by atoms with Crippen LogP contribution in [-0.2, 0) is 22.5 Å². The maximum absolute atomic E-state index is 12.3. The van der Waals surface area contributed by atoms with Gasteiger partial charge in [-0.15, -0.1) is 4.52 Å². The highest BCUT2D eigenvalue weighted by molar-refractivity contribution is 5.69. The van der Waals surface area contributed by atoms with Crippen LogP contribution in [0.5, 0.6) is 0 Å². The van der Waals surface area contributed by atoms with Gasteiger partial charge in [-0.05, 0) is 20.3 Å². The van der Waals surface area contributed by atoms with Crippen molar-refractivity contribution in [3.05, 3.63) is 27.8 Å². The summed E-state index contributed by atoms with van der Waals surface area (Å²) in [7, 11) is 0. The van der Waals surface area contributed by atoms with Gasteiger partial charge in [-0.3, -0.25) is 4.79 Å². The SMILES string of the molecule is CCOC(=O)Cn1nc[n+]2[nH]c(C)c(CC)c(=O)c12. The van der Waals surface area contributed by atoms with E-state index < -0.39 is 5.97 Å². The molecule has 19 heavy (non-hydrogen) atoms. The Balaban J connectivity index is 2.53. The molecule has 7 heteroatoms. The van der Waals surface area contributed by atoms with Crippen molar-refractivity contribution in [1.82, 2.24) is 14.9 Å². The van der Waals surface area contributed by atoms with Crippen LogP contribution in [0.25, 0.3) is 5.65 Å². The second kappa shape index (κ2) is 5.21. The smallest absolute Gasteiger partial charge is 0.344 e. The number of rotatable bonds is 4. The van der Waals surface area contributed by atoms with Gasteiger partial charge in [0.25, 0.3) is 11.8 Å². The van der Waals surface area contributed by atoms with Gasteiger partial charge in [0, 0.05) is 16.4 Å². The second-order valence-corrected chi connectivity index (χ2v) is 4.19. The summed E-state index contributed by atoms with van der Waals surface area (Å²) in [5, 5.41) is 7.10. The number of aromatic amines is 1. The standard InChI is InChI=1S/C12H16N4O3/c1-4-9-8(3)14-16-7-13-15(12(16)11(9)18)6-10(17)19-5-2/h7H,4-6H2,1-3H3/p+1. The molecule has 0 radical (unpaired) electrons. The van der Waals surface area contributed by atoms with Crippen LogP contribution < -0.4 is 9.94 Å². The highest BCUT2D eigenvalue weighted by atomic mass is 16.5. The van der Waals surface area contributed by atoms with Crippen LogP contribution in [0.1, 0.15) is 25.1 Å².